The van der Waals surface area contributed by atoms with Crippen molar-refractivity contribution in [1.82, 2.24) is 9.97 Å². The van der Waals surface area contributed by atoms with Crippen LogP contribution < -0.4 is 0 Å². The standard InChI is InChI=1S/C12H7IN2/c13-10-5-9-2-1-8-3-4-14-7-11(8)12(9)15-6-10/h1-7H. The summed E-state index contributed by atoms with van der Waals surface area (Å²) in [7, 11) is 0. The van der Waals surface area contributed by atoms with Crippen LogP contribution >= 0.6 is 22.6 Å². The van der Waals surface area contributed by atoms with Gasteiger partial charge in [0, 0.05) is 32.9 Å². The topological polar surface area (TPSA) is 25.8 Å². The maximum atomic E-state index is 4.46. The van der Waals surface area contributed by atoms with Crippen LogP contribution in [0.3, 0.4) is 0 Å². The third-order valence-corrected chi connectivity index (χ3v) is 3.03. The molecule has 2 aromatic heterocycles. The molecule has 0 bridgehead atoms. The molecule has 3 rings (SSSR count). The van der Waals surface area contributed by atoms with Crippen molar-refractivity contribution in [2.45, 2.75) is 0 Å². The van der Waals surface area contributed by atoms with Crippen molar-refractivity contribution in [3.63, 3.8) is 0 Å². The molecule has 0 saturated heterocycles. The fraction of sp³-hybridized carbons (Fsp3) is 0. The van der Waals surface area contributed by atoms with Gasteiger partial charge in [-0.15, -0.1) is 0 Å². The van der Waals surface area contributed by atoms with Crippen LogP contribution in [0.25, 0.3) is 21.7 Å². The van der Waals surface area contributed by atoms with Crippen LogP contribution in [0.15, 0.2) is 42.9 Å². The van der Waals surface area contributed by atoms with Gasteiger partial charge in [0.2, 0.25) is 0 Å². The predicted octanol–water partition coefficient (Wildman–Crippen LogP) is 3.39. The van der Waals surface area contributed by atoms with Crippen LogP contribution in [0.1, 0.15) is 0 Å². The summed E-state index contributed by atoms with van der Waals surface area (Å²) in [5, 5.41) is 3.47. The summed E-state index contributed by atoms with van der Waals surface area (Å²) >= 11 is 2.27. The van der Waals surface area contributed by atoms with E-state index < -0.39 is 0 Å². The van der Waals surface area contributed by atoms with E-state index in [-0.39, 0.29) is 0 Å². The van der Waals surface area contributed by atoms with Crippen LogP contribution in [0.4, 0.5) is 0 Å². The molecule has 0 spiro atoms. The Hall–Kier alpha value is -1.23. The number of halogens is 1. The monoisotopic (exact) mass is 306 g/mol. The molecule has 0 fully saturated rings. The summed E-state index contributed by atoms with van der Waals surface area (Å²) in [6.07, 6.45) is 5.56. The molecule has 3 aromatic rings. The van der Waals surface area contributed by atoms with Crippen molar-refractivity contribution in [1.29, 1.82) is 0 Å². The third-order valence-electron chi connectivity index (χ3n) is 2.44. The highest BCUT2D eigenvalue weighted by Crippen LogP contribution is 2.23. The second kappa shape index (κ2) is 3.41. The molecule has 0 aliphatic heterocycles. The first-order chi connectivity index (χ1) is 7.34. The van der Waals surface area contributed by atoms with E-state index in [1.807, 2.05) is 18.5 Å². The minimum absolute atomic E-state index is 1.03. The fourth-order valence-corrected chi connectivity index (χ4v) is 2.21. The van der Waals surface area contributed by atoms with E-state index in [0.717, 1.165) is 14.5 Å². The van der Waals surface area contributed by atoms with Crippen LogP contribution in [0.5, 0.6) is 0 Å². The molecule has 0 radical (unpaired) electrons. The van der Waals surface area contributed by atoms with E-state index in [4.69, 9.17) is 0 Å². The molecule has 3 heteroatoms. The normalized spacial score (nSPS) is 11.0. The second-order valence-corrected chi connectivity index (χ2v) is 4.63. The average molecular weight is 306 g/mol. The number of aromatic nitrogens is 2. The Morgan fingerprint density at radius 3 is 2.80 bits per heavy atom. The Balaban J connectivity index is 2.55. The van der Waals surface area contributed by atoms with Gasteiger partial charge < -0.3 is 0 Å². The lowest BCUT2D eigenvalue weighted by atomic mass is 10.1. The minimum atomic E-state index is 1.03. The number of hydrogen-bond acceptors (Lipinski definition) is 2. The molecule has 1 aromatic carbocycles. The van der Waals surface area contributed by atoms with Gasteiger partial charge in [-0.05, 0) is 40.1 Å². The largest absolute Gasteiger partial charge is 0.264 e. The lowest BCUT2D eigenvalue weighted by molar-refractivity contribution is 1.35. The van der Waals surface area contributed by atoms with Crippen LogP contribution in [-0.4, -0.2) is 9.97 Å². The average Bonchev–Trinajstić information content (AvgIpc) is 2.28. The van der Waals surface area contributed by atoms with Crippen molar-refractivity contribution in [2.75, 3.05) is 0 Å². The Bertz CT molecular complexity index is 649. The maximum Gasteiger partial charge on any atom is 0.0796 e. The van der Waals surface area contributed by atoms with E-state index in [1.54, 1.807) is 6.20 Å². The minimum Gasteiger partial charge on any atom is -0.264 e. The highest BCUT2D eigenvalue weighted by molar-refractivity contribution is 14.1. The van der Waals surface area contributed by atoms with Gasteiger partial charge in [0.15, 0.2) is 0 Å². The number of pyridine rings is 2. The van der Waals surface area contributed by atoms with Crippen molar-refractivity contribution in [2.24, 2.45) is 0 Å². The summed E-state index contributed by atoms with van der Waals surface area (Å²) in [5.41, 5.74) is 1.03. The molecule has 0 aliphatic rings. The lowest BCUT2D eigenvalue weighted by Crippen LogP contribution is -1.84. The molecule has 0 aliphatic carbocycles. The first-order valence-electron chi connectivity index (χ1n) is 4.62. The van der Waals surface area contributed by atoms with Crippen molar-refractivity contribution in [3.05, 3.63) is 46.4 Å². The second-order valence-electron chi connectivity index (χ2n) is 3.39. The van der Waals surface area contributed by atoms with E-state index >= 15 is 0 Å². The molecule has 2 nitrogen and oxygen atoms in total. The molecular formula is C12H7IN2. The summed E-state index contributed by atoms with van der Waals surface area (Å²) < 4.78 is 1.16. The highest BCUT2D eigenvalue weighted by atomic mass is 127. The molecule has 0 amide bonds. The number of rotatable bonds is 0. The van der Waals surface area contributed by atoms with Crippen molar-refractivity contribution in [3.8, 4) is 0 Å². The van der Waals surface area contributed by atoms with Gasteiger partial charge in [-0.2, -0.15) is 0 Å². The number of hydrogen-bond donors (Lipinski definition) is 0. The van der Waals surface area contributed by atoms with E-state index in [9.17, 15) is 0 Å². The van der Waals surface area contributed by atoms with E-state index in [2.05, 4.69) is 50.8 Å². The molecule has 0 N–H and O–H groups in total. The zero-order valence-electron chi connectivity index (χ0n) is 7.81. The van der Waals surface area contributed by atoms with Crippen molar-refractivity contribution < 1.29 is 0 Å². The zero-order valence-corrected chi connectivity index (χ0v) is 9.97. The quantitative estimate of drug-likeness (QED) is 0.470. The Morgan fingerprint density at radius 1 is 1.00 bits per heavy atom. The van der Waals surface area contributed by atoms with Gasteiger partial charge >= 0.3 is 0 Å². The summed E-state index contributed by atoms with van der Waals surface area (Å²) in [4.78, 5) is 8.60. The highest BCUT2D eigenvalue weighted by Gasteiger charge is 2.01. The Morgan fingerprint density at radius 2 is 1.87 bits per heavy atom. The predicted molar refractivity (Wildman–Crippen MR) is 69.8 cm³/mol. The number of nitrogens with zero attached hydrogens (tertiary/aromatic N) is 2. The fourth-order valence-electron chi connectivity index (χ4n) is 1.73. The van der Waals surface area contributed by atoms with Crippen LogP contribution in [0.2, 0.25) is 0 Å². The Labute approximate surface area is 100 Å². The molecule has 2 heterocycles. The van der Waals surface area contributed by atoms with E-state index in [1.165, 1.54) is 10.8 Å². The molecule has 15 heavy (non-hydrogen) atoms. The first kappa shape index (κ1) is 9.03. The molecule has 0 atom stereocenters. The summed E-state index contributed by atoms with van der Waals surface area (Å²) in [6, 6.07) is 8.35. The van der Waals surface area contributed by atoms with Crippen LogP contribution in [0, 0.1) is 3.57 Å². The van der Waals surface area contributed by atoms with Gasteiger partial charge in [0.25, 0.3) is 0 Å². The van der Waals surface area contributed by atoms with Gasteiger partial charge in [-0.25, -0.2) is 0 Å². The maximum absolute atomic E-state index is 4.46. The van der Waals surface area contributed by atoms with Crippen LogP contribution in [-0.2, 0) is 0 Å². The smallest absolute Gasteiger partial charge is 0.0796 e. The summed E-state index contributed by atoms with van der Waals surface area (Å²) in [6.45, 7) is 0. The lowest BCUT2D eigenvalue weighted by Gasteiger charge is -2.02. The third kappa shape index (κ3) is 1.47. The molecule has 0 saturated carbocycles. The molecule has 72 valence electrons. The number of benzene rings is 1. The first-order valence-corrected chi connectivity index (χ1v) is 5.70. The van der Waals surface area contributed by atoms with Gasteiger partial charge in [0.1, 0.15) is 0 Å². The Kier molecular flexibility index (Phi) is 2.05. The SMILES string of the molecule is Ic1cnc2c(ccc3ccncc32)c1. The van der Waals surface area contributed by atoms with Crippen molar-refractivity contribution >= 4 is 44.3 Å². The zero-order chi connectivity index (χ0) is 10.3. The van der Waals surface area contributed by atoms with Gasteiger partial charge in [-0.3, -0.25) is 9.97 Å². The van der Waals surface area contributed by atoms with Gasteiger partial charge in [-0.1, -0.05) is 12.1 Å². The summed E-state index contributed by atoms with van der Waals surface area (Å²) in [5.74, 6) is 0. The van der Waals surface area contributed by atoms with E-state index in [0.29, 0.717) is 0 Å². The van der Waals surface area contributed by atoms with Gasteiger partial charge in [0.05, 0.1) is 5.52 Å². The number of fused-ring (bicyclic) bond motifs is 3. The molecule has 0 unspecified atom stereocenters. The molecular weight excluding hydrogens is 299 g/mol.